The lowest BCUT2D eigenvalue weighted by Crippen LogP contribution is -2.17. The van der Waals surface area contributed by atoms with E-state index < -0.39 is 0 Å². The SMILES string of the molecule is BC(CCC1CC2CC12)CC(CCC)C(C)C. The van der Waals surface area contributed by atoms with Crippen molar-refractivity contribution in [2.24, 2.45) is 29.6 Å². The van der Waals surface area contributed by atoms with Crippen LogP contribution in [0.3, 0.4) is 0 Å². The molecule has 2 saturated carbocycles. The highest BCUT2D eigenvalue weighted by Gasteiger charge is 2.52. The molecule has 0 spiro atoms. The molecule has 0 radical (unpaired) electrons. The van der Waals surface area contributed by atoms with Gasteiger partial charge < -0.3 is 0 Å². The van der Waals surface area contributed by atoms with Crippen LogP contribution in [0.2, 0.25) is 5.82 Å². The summed E-state index contributed by atoms with van der Waals surface area (Å²) < 4.78 is 0. The van der Waals surface area contributed by atoms with Gasteiger partial charge in [-0.2, -0.15) is 0 Å². The molecule has 0 nitrogen and oxygen atoms in total. The predicted molar refractivity (Wildman–Crippen MR) is 79.1 cm³/mol. The normalized spacial score (nSPS) is 34.0. The maximum absolute atomic E-state index is 2.49. The zero-order valence-corrected chi connectivity index (χ0v) is 12.4. The van der Waals surface area contributed by atoms with E-state index in [0.717, 1.165) is 23.6 Å². The quantitative estimate of drug-likeness (QED) is 0.549. The van der Waals surface area contributed by atoms with Crippen molar-refractivity contribution in [2.45, 2.75) is 71.5 Å². The van der Waals surface area contributed by atoms with Gasteiger partial charge in [-0.1, -0.05) is 58.7 Å². The monoisotopic (exact) mass is 234 g/mol. The minimum absolute atomic E-state index is 0.883. The molecule has 0 saturated heterocycles. The third-order valence-electron chi connectivity index (χ3n) is 5.53. The summed E-state index contributed by atoms with van der Waals surface area (Å²) in [6.07, 6.45) is 10.5. The van der Waals surface area contributed by atoms with Crippen molar-refractivity contribution in [3.63, 3.8) is 0 Å². The van der Waals surface area contributed by atoms with Crippen LogP contribution < -0.4 is 0 Å². The predicted octanol–water partition coefficient (Wildman–Crippen LogP) is 4.31. The van der Waals surface area contributed by atoms with Gasteiger partial charge in [0.1, 0.15) is 7.85 Å². The van der Waals surface area contributed by atoms with Crippen LogP contribution in [0.5, 0.6) is 0 Å². The molecule has 0 amide bonds. The third-order valence-corrected chi connectivity index (χ3v) is 5.53. The zero-order chi connectivity index (χ0) is 12.4. The van der Waals surface area contributed by atoms with E-state index in [1.54, 1.807) is 19.3 Å². The van der Waals surface area contributed by atoms with Crippen molar-refractivity contribution in [1.82, 2.24) is 0 Å². The second-order valence-electron chi connectivity index (χ2n) is 7.37. The van der Waals surface area contributed by atoms with Crippen LogP contribution in [-0.2, 0) is 0 Å². The first-order chi connectivity index (χ1) is 8.11. The van der Waals surface area contributed by atoms with Gasteiger partial charge in [0.25, 0.3) is 0 Å². The third kappa shape index (κ3) is 3.52. The van der Waals surface area contributed by atoms with Crippen molar-refractivity contribution in [1.29, 1.82) is 0 Å². The summed E-state index contributed by atoms with van der Waals surface area (Å²) >= 11 is 0. The van der Waals surface area contributed by atoms with E-state index in [0.29, 0.717) is 0 Å². The average molecular weight is 234 g/mol. The Balaban J connectivity index is 1.62. The van der Waals surface area contributed by atoms with Gasteiger partial charge in [0, 0.05) is 0 Å². The maximum Gasteiger partial charge on any atom is 0.105 e. The van der Waals surface area contributed by atoms with E-state index in [1.807, 2.05) is 0 Å². The fourth-order valence-electron chi connectivity index (χ4n) is 4.05. The smallest absolute Gasteiger partial charge is 0.0694 e. The number of fused-ring (bicyclic) bond motifs is 1. The molecule has 2 aliphatic rings. The second-order valence-corrected chi connectivity index (χ2v) is 7.37. The standard InChI is InChI=1S/C16H31B/c1-4-5-12(11(2)3)9-15(17)7-6-13-8-14-10-16(13)14/h11-16H,4-10,17H2,1-3H3. The van der Waals surface area contributed by atoms with E-state index >= 15 is 0 Å². The van der Waals surface area contributed by atoms with Gasteiger partial charge in [0.15, 0.2) is 0 Å². The van der Waals surface area contributed by atoms with E-state index in [-0.39, 0.29) is 0 Å². The molecule has 2 fully saturated rings. The van der Waals surface area contributed by atoms with Crippen LogP contribution in [0.25, 0.3) is 0 Å². The lowest BCUT2D eigenvalue weighted by Gasteiger charge is -2.28. The molecule has 0 aromatic rings. The van der Waals surface area contributed by atoms with Crippen molar-refractivity contribution in [3.05, 3.63) is 0 Å². The van der Waals surface area contributed by atoms with Crippen LogP contribution in [0.15, 0.2) is 0 Å². The van der Waals surface area contributed by atoms with Crippen LogP contribution >= 0.6 is 0 Å². The Labute approximate surface area is 109 Å². The molecule has 0 bridgehead atoms. The van der Waals surface area contributed by atoms with Gasteiger partial charge in [0.2, 0.25) is 0 Å². The summed E-state index contributed by atoms with van der Waals surface area (Å²) in [5, 5.41) is 0. The molecular weight excluding hydrogens is 203 g/mol. The average Bonchev–Trinajstić information content (AvgIpc) is 2.89. The van der Waals surface area contributed by atoms with Crippen molar-refractivity contribution < 1.29 is 0 Å². The van der Waals surface area contributed by atoms with Gasteiger partial charge in [-0.25, -0.2) is 0 Å². The van der Waals surface area contributed by atoms with Gasteiger partial charge in [-0.3, -0.25) is 0 Å². The Morgan fingerprint density at radius 1 is 1.18 bits per heavy atom. The molecule has 0 heterocycles. The number of rotatable bonds is 8. The minimum atomic E-state index is 0.883. The molecule has 17 heavy (non-hydrogen) atoms. The summed E-state index contributed by atoms with van der Waals surface area (Å²) in [4.78, 5) is 0. The van der Waals surface area contributed by atoms with E-state index in [1.165, 1.54) is 37.5 Å². The first kappa shape index (κ1) is 13.5. The summed E-state index contributed by atoms with van der Waals surface area (Å²) in [7, 11) is 2.49. The Morgan fingerprint density at radius 3 is 2.41 bits per heavy atom. The molecule has 98 valence electrons. The summed E-state index contributed by atoms with van der Waals surface area (Å²) in [5.41, 5.74) is 0. The molecule has 5 unspecified atom stereocenters. The van der Waals surface area contributed by atoms with Crippen molar-refractivity contribution >= 4 is 7.85 Å². The molecule has 0 aromatic carbocycles. The van der Waals surface area contributed by atoms with Gasteiger partial charge in [-0.15, -0.1) is 0 Å². The van der Waals surface area contributed by atoms with Gasteiger partial charge >= 0.3 is 0 Å². The topological polar surface area (TPSA) is 0 Å². The highest BCUT2D eigenvalue weighted by molar-refractivity contribution is 6.11. The number of hydrogen-bond acceptors (Lipinski definition) is 0. The summed E-state index contributed by atoms with van der Waals surface area (Å²) in [5.74, 6) is 6.36. The lowest BCUT2D eigenvalue weighted by molar-refractivity contribution is 0.254. The second kappa shape index (κ2) is 5.80. The minimum Gasteiger partial charge on any atom is -0.0694 e. The molecule has 0 aromatic heterocycles. The van der Waals surface area contributed by atoms with E-state index in [4.69, 9.17) is 0 Å². The molecule has 5 atom stereocenters. The van der Waals surface area contributed by atoms with Crippen LogP contribution in [0.4, 0.5) is 0 Å². The highest BCUT2D eigenvalue weighted by Crippen LogP contribution is 2.61. The molecule has 0 aliphatic heterocycles. The van der Waals surface area contributed by atoms with Gasteiger partial charge in [-0.05, 0) is 42.4 Å². The first-order valence-corrected chi connectivity index (χ1v) is 8.11. The first-order valence-electron chi connectivity index (χ1n) is 8.11. The fraction of sp³-hybridized carbons (Fsp3) is 1.00. The fourth-order valence-corrected chi connectivity index (χ4v) is 4.05. The number of hydrogen-bond donors (Lipinski definition) is 0. The van der Waals surface area contributed by atoms with E-state index in [2.05, 4.69) is 28.6 Å². The molecule has 0 N–H and O–H groups in total. The zero-order valence-electron chi connectivity index (χ0n) is 12.4. The summed E-state index contributed by atoms with van der Waals surface area (Å²) in [6, 6.07) is 0. The van der Waals surface area contributed by atoms with Gasteiger partial charge in [0.05, 0.1) is 0 Å². The van der Waals surface area contributed by atoms with Crippen LogP contribution in [0, 0.1) is 29.6 Å². The van der Waals surface area contributed by atoms with Crippen LogP contribution in [0.1, 0.15) is 65.7 Å². The lowest BCUT2D eigenvalue weighted by atomic mass is 9.70. The Bertz CT molecular complexity index is 236. The highest BCUT2D eigenvalue weighted by atomic mass is 14.6. The Morgan fingerprint density at radius 2 is 1.94 bits per heavy atom. The Kier molecular flexibility index (Phi) is 4.61. The van der Waals surface area contributed by atoms with Crippen molar-refractivity contribution in [3.8, 4) is 0 Å². The summed E-state index contributed by atoms with van der Waals surface area (Å²) in [6.45, 7) is 7.16. The molecular formula is C16H31B. The maximum atomic E-state index is 2.49. The Hall–Kier alpha value is 0.0649. The largest absolute Gasteiger partial charge is 0.105 e. The van der Waals surface area contributed by atoms with E-state index in [9.17, 15) is 0 Å². The molecule has 2 aliphatic carbocycles. The van der Waals surface area contributed by atoms with Crippen molar-refractivity contribution in [2.75, 3.05) is 0 Å². The molecule has 1 heteroatoms. The van der Waals surface area contributed by atoms with Crippen LogP contribution in [-0.4, -0.2) is 7.85 Å². The molecule has 2 rings (SSSR count).